The molecule has 1 rings (SSSR count). The van der Waals surface area contributed by atoms with E-state index in [9.17, 15) is 0 Å². The molecule has 12 heavy (non-hydrogen) atoms. The topological polar surface area (TPSA) is 15.7 Å². The summed E-state index contributed by atoms with van der Waals surface area (Å²) in [6.07, 6.45) is 2.12. The summed E-state index contributed by atoms with van der Waals surface area (Å²) in [7, 11) is 2.15. The molecule has 1 aliphatic rings. The van der Waals surface area contributed by atoms with Crippen molar-refractivity contribution in [2.45, 2.75) is 13.0 Å². The molecule has 0 saturated carbocycles. The highest BCUT2D eigenvalue weighted by Gasteiger charge is 2.27. The standard InChI is InChI=1S/C8H18N2OS/c1-4-11-6-8-5-9(2)7-10(8)12-3/h8H,4-7H2,1-3H3. The monoisotopic (exact) mass is 190 g/mol. The van der Waals surface area contributed by atoms with Gasteiger partial charge in [0.2, 0.25) is 0 Å². The maximum absolute atomic E-state index is 5.42. The number of rotatable bonds is 4. The Labute approximate surface area is 79.2 Å². The smallest absolute Gasteiger partial charge is 0.0644 e. The molecule has 0 aliphatic carbocycles. The summed E-state index contributed by atoms with van der Waals surface area (Å²) in [6.45, 7) is 5.91. The van der Waals surface area contributed by atoms with Gasteiger partial charge >= 0.3 is 0 Å². The number of ether oxygens (including phenoxy) is 1. The fraction of sp³-hybridized carbons (Fsp3) is 1.00. The third kappa shape index (κ3) is 2.62. The van der Waals surface area contributed by atoms with E-state index in [-0.39, 0.29) is 0 Å². The summed E-state index contributed by atoms with van der Waals surface area (Å²) in [4.78, 5) is 2.32. The minimum atomic E-state index is 0.574. The van der Waals surface area contributed by atoms with Crippen molar-refractivity contribution in [3.05, 3.63) is 0 Å². The lowest BCUT2D eigenvalue weighted by molar-refractivity contribution is 0.115. The van der Waals surface area contributed by atoms with Crippen molar-refractivity contribution in [1.29, 1.82) is 0 Å². The van der Waals surface area contributed by atoms with E-state index in [1.165, 1.54) is 0 Å². The Morgan fingerprint density at radius 3 is 2.92 bits per heavy atom. The second-order valence-corrected chi connectivity index (χ2v) is 3.93. The highest BCUT2D eigenvalue weighted by atomic mass is 32.2. The van der Waals surface area contributed by atoms with E-state index in [1.54, 1.807) is 11.9 Å². The van der Waals surface area contributed by atoms with Gasteiger partial charge in [-0.15, -0.1) is 0 Å². The largest absolute Gasteiger partial charge is 0.380 e. The van der Waals surface area contributed by atoms with Gasteiger partial charge in [-0.05, 0) is 20.2 Å². The minimum Gasteiger partial charge on any atom is -0.380 e. The SMILES string of the molecule is CCOCC1CN(C)CN1SC. The van der Waals surface area contributed by atoms with E-state index in [0.29, 0.717) is 6.04 Å². The van der Waals surface area contributed by atoms with Crippen LogP contribution in [0.1, 0.15) is 6.92 Å². The third-order valence-corrected chi connectivity index (χ3v) is 2.94. The van der Waals surface area contributed by atoms with Crippen molar-refractivity contribution in [2.75, 3.05) is 39.7 Å². The Balaban J connectivity index is 2.30. The van der Waals surface area contributed by atoms with Crippen LogP contribution in [-0.4, -0.2) is 55.0 Å². The van der Waals surface area contributed by atoms with Gasteiger partial charge in [-0.3, -0.25) is 4.90 Å². The fourth-order valence-electron chi connectivity index (χ4n) is 1.46. The summed E-state index contributed by atoms with van der Waals surface area (Å²) in [6, 6.07) is 0.574. The van der Waals surface area contributed by atoms with E-state index in [2.05, 4.69) is 22.5 Å². The molecule has 0 aromatic carbocycles. The highest BCUT2D eigenvalue weighted by Crippen LogP contribution is 2.18. The molecule has 0 radical (unpaired) electrons. The average Bonchev–Trinajstić information content (AvgIpc) is 2.42. The van der Waals surface area contributed by atoms with Gasteiger partial charge < -0.3 is 4.74 Å². The molecule has 1 aliphatic heterocycles. The zero-order chi connectivity index (χ0) is 8.97. The van der Waals surface area contributed by atoms with E-state index in [1.807, 2.05) is 6.92 Å². The van der Waals surface area contributed by atoms with Gasteiger partial charge in [0, 0.05) is 13.2 Å². The van der Waals surface area contributed by atoms with Crippen LogP contribution in [0.4, 0.5) is 0 Å². The summed E-state index contributed by atoms with van der Waals surface area (Å²) < 4.78 is 7.79. The van der Waals surface area contributed by atoms with Crippen LogP contribution in [0.15, 0.2) is 0 Å². The molecule has 0 N–H and O–H groups in total. The van der Waals surface area contributed by atoms with Crippen LogP contribution in [-0.2, 0) is 4.74 Å². The van der Waals surface area contributed by atoms with Gasteiger partial charge in [-0.25, -0.2) is 4.31 Å². The van der Waals surface area contributed by atoms with E-state index < -0.39 is 0 Å². The molecule has 1 unspecified atom stereocenters. The van der Waals surface area contributed by atoms with Gasteiger partial charge in [0.05, 0.1) is 19.3 Å². The van der Waals surface area contributed by atoms with Crippen LogP contribution < -0.4 is 0 Å². The predicted octanol–water partition coefficient (Wildman–Crippen LogP) is 0.874. The normalized spacial score (nSPS) is 26.8. The summed E-state index contributed by atoms with van der Waals surface area (Å²) in [5, 5.41) is 0. The van der Waals surface area contributed by atoms with Gasteiger partial charge in [0.25, 0.3) is 0 Å². The molecule has 0 spiro atoms. The molecule has 3 nitrogen and oxygen atoms in total. The van der Waals surface area contributed by atoms with Crippen molar-refractivity contribution in [3.63, 3.8) is 0 Å². The molecule has 1 atom stereocenters. The molecular weight excluding hydrogens is 172 g/mol. The van der Waals surface area contributed by atoms with E-state index >= 15 is 0 Å². The van der Waals surface area contributed by atoms with Gasteiger partial charge in [-0.2, -0.15) is 0 Å². The lowest BCUT2D eigenvalue weighted by Crippen LogP contribution is -2.29. The Hall–Kier alpha value is 0.230. The second kappa shape index (κ2) is 5.07. The van der Waals surface area contributed by atoms with E-state index in [4.69, 9.17) is 4.74 Å². The second-order valence-electron chi connectivity index (χ2n) is 3.09. The quantitative estimate of drug-likeness (QED) is 0.611. The first kappa shape index (κ1) is 10.3. The lowest BCUT2D eigenvalue weighted by atomic mass is 10.3. The maximum atomic E-state index is 5.42. The molecule has 0 aromatic rings. The Morgan fingerprint density at radius 1 is 1.58 bits per heavy atom. The predicted molar refractivity (Wildman–Crippen MR) is 53.1 cm³/mol. The van der Waals surface area contributed by atoms with Crippen LogP contribution in [0.2, 0.25) is 0 Å². The van der Waals surface area contributed by atoms with Crippen molar-refractivity contribution >= 4 is 11.9 Å². The summed E-state index contributed by atoms with van der Waals surface area (Å²) in [5.74, 6) is 0. The highest BCUT2D eigenvalue weighted by molar-refractivity contribution is 7.96. The Bertz CT molecular complexity index is 134. The first-order chi connectivity index (χ1) is 5.77. The van der Waals surface area contributed by atoms with Crippen molar-refractivity contribution < 1.29 is 4.74 Å². The van der Waals surface area contributed by atoms with Gasteiger partial charge in [0.15, 0.2) is 0 Å². The molecule has 1 heterocycles. The molecule has 72 valence electrons. The zero-order valence-electron chi connectivity index (χ0n) is 8.12. The zero-order valence-corrected chi connectivity index (χ0v) is 8.93. The number of hydrogen-bond acceptors (Lipinski definition) is 4. The molecule has 0 amide bonds. The summed E-state index contributed by atoms with van der Waals surface area (Å²) in [5.41, 5.74) is 0. The van der Waals surface area contributed by atoms with Crippen LogP contribution >= 0.6 is 11.9 Å². The lowest BCUT2D eigenvalue weighted by Gasteiger charge is -2.19. The minimum absolute atomic E-state index is 0.574. The van der Waals surface area contributed by atoms with Gasteiger partial charge in [0.1, 0.15) is 0 Å². The van der Waals surface area contributed by atoms with Crippen LogP contribution in [0, 0.1) is 0 Å². The molecule has 0 bridgehead atoms. The average molecular weight is 190 g/mol. The van der Waals surface area contributed by atoms with Crippen LogP contribution in [0.25, 0.3) is 0 Å². The first-order valence-electron chi connectivity index (χ1n) is 4.35. The molecular formula is C8H18N2OS. The fourth-order valence-corrected chi connectivity index (χ4v) is 2.20. The van der Waals surface area contributed by atoms with E-state index in [0.717, 1.165) is 26.4 Å². The molecule has 1 saturated heterocycles. The number of hydrogen-bond donors (Lipinski definition) is 0. The van der Waals surface area contributed by atoms with Gasteiger partial charge in [-0.1, -0.05) is 11.9 Å². The first-order valence-corrected chi connectivity index (χ1v) is 5.53. The van der Waals surface area contributed by atoms with Crippen molar-refractivity contribution in [1.82, 2.24) is 9.21 Å². The molecule has 1 fully saturated rings. The maximum Gasteiger partial charge on any atom is 0.0644 e. The van der Waals surface area contributed by atoms with Crippen molar-refractivity contribution in [3.8, 4) is 0 Å². The molecule has 4 heteroatoms. The number of nitrogens with zero attached hydrogens (tertiary/aromatic N) is 2. The van der Waals surface area contributed by atoms with Crippen LogP contribution in [0.5, 0.6) is 0 Å². The van der Waals surface area contributed by atoms with Crippen molar-refractivity contribution in [2.24, 2.45) is 0 Å². The van der Waals surface area contributed by atoms with Crippen LogP contribution in [0.3, 0.4) is 0 Å². The molecule has 0 aromatic heterocycles. The third-order valence-electron chi connectivity index (χ3n) is 2.06. The number of likely N-dealkylation sites (N-methyl/N-ethyl adjacent to an activating group) is 1. The summed E-state index contributed by atoms with van der Waals surface area (Å²) >= 11 is 1.81. The Morgan fingerprint density at radius 2 is 2.33 bits per heavy atom. The Kier molecular flexibility index (Phi) is 4.35.